The third-order valence-electron chi connectivity index (χ3n) is 10.7. The second-order valence-electron chi connectivity index (χ2n) is 13.9. The molecule has 4 atom stereocenters. The molecule has 4 heterocycles. The SMILES string of the molecule is CCC(NC(=O)OC)C(=O)N1CCCC1c1ncc(-c2ccc3cc(-c4ccc5nc(C6CCCN6C(=O)C(CC)NC(=O)OC)[nH]c5c4)ccc3c2)[nH]1. The van der Waals surface area contributed by atoms with E-state index < -0.39 is 24.3 Å². The Morgan fingerprint density at radius 2 is 1.28 bits per heavy atom. The van der Waals surface area contributed by atoms with E-state index in [-0.39, 0.29) is 23.9 Å². The highest BCUT2D eigenvalue weighted by molar-refractivity contribution is 5.92. The molecule has 5 aromatic rings. The summed E-state index contributed by atoms with van der Waals surface area (Å²) in [5.41, 5.74) is 5.67. The molecule has 2 fully saturated rings. The quantitative estimate of drug-likeness (QED) is 0.128. The highest BCUT2D eigenvalue weighted by Gasteiger charge is 2.37. The third-order valence-corrected chi connectivity index (χ3v) is 10.7. The van der Waals surface area contributed by atoms with Gasteiger partial charge in [-0.2, -0.15) is 0 Å². The summed E-state index contributed by atoms with van der Waals surface area (Å²) in [5, 5.41) is 7.47. The molecule has 0 aliphatic carbocycles. The second kappa shape index (κ2) is 15.6. The van der Waals surface area contributed by atoms with E-state index in [2.05, 4.69) is 74.1 Å². The second-order valence-corrected chi connectivity index (χ2v) is 13.9. The molecular formula is C40H46N8O6. The lowest BCUT2D eigenvalue weighted by Crippen LogP contribution is -2.48. The Bertz CT molecular complexity index is 2200. The molecule has 4 N–H and O–H groups in total. The lowest BCUT2D eigenvalue weighted by atomic mass is 9.99. The zero-order valence-electron chi connectivity index (χ0n) is 31.0. The Hall–Kier alpha value is -5.92. The van der Waals surface area contributed by atoms with Crippen molar-refractivity contribution in [1.82, 2.24) is 40.4 Å². The van der Waals surface area contributed by atoms with Gasteiger partial charge < -0.3 is 39.9 Å². The third kappa shape index (κ3) is 7.20. The van der Waals surface area contributed by atoms with Crippen molar-refractivity contribution < 1.29 is 28.7 Å². The van der Waals surface area contributed by atoms with Gasteiger partial charge in [-0.05, 0) is 84.7 Å². The van der Waals surface area contributed by atoms with Crippen molar-refractivity contribution in [3.8, 4) is 22.4 Å². The van der Waals surface area contributed by atoms with Crippen molar-refractivity contribution in [1.29, 1.82) is 0 Å². The van der Waals surface area contributed by atoms with Gasteiger partial charge in [-0.25, -0.2) is 19.6 Å². The number of benzene rings is 3. The van der Waals surface area contributed by atoms with E-state index in [9.17, 15) is 19.2 Å². The number of rotatable bonds is 10. The molecule has 0 bridgehead atoms. The van der Waals surface area contributed by atoms with Crippen LogP contribution in [0.15, 0.2) is 60.8 Å². The molecule has 0 saturated carbocycles. The predicted octanol–water partition coefficient (Wildman–Crippen LogP) is 6.37. The number of likely N-dealkylation sites (tertiary alicyclic amines) is 2. The summed E-state index contributed by atoms with van der Waals surface area (Å²) in [6.07, 6.45) is 4.76. The minimum Gasteiger partial charge on any atom is -0.453 e. The topological polar surface area (TPSA) is 175 Å². The number of methoxy groups -OCH3 is 2. The fourth-order valence-corrected chi connectivity index (χ4v) is 7.72. The van der Waals surface area contributed by atoms with Crippen molar-refractivity contribution in [2.45, 2.75) is 76.5 Å². The van der Waals surface area contributed by atoms with Crippen molar-refractivity contribution in [3.63, 3.8) is 0 Å². The van der Waals surface area contributed by atoms with Crippen LogP contribution in [0.1, 0.15) is 76.1 Å². The molecule has 4 unspecified atom stereocenters. The van der Waals surface area contributed by atoms with Crippen LogP contribution in [0.5, 0.6) is 0 Å². The Labute approximate surface area is 313 Å². The molecule has 0 spiro atoms. The number of alkyl carbamates (subject to hydrolysis) is 2. The van der Waals surface area contributed by atoms with Crippen LogP contribution in [0, 0.1) is 0 Å². The van der Waals surface area contributed by atoms with Crippen LogP contribution in [0.25, 0.3) is 44.2 Å². The zero-order valence-corrected chi connectivity index (χ0v) is 31.0. The first kappa shape index (κ1) is 36.4. The number of carbonyl (C=O) groups excluding carboxylic acids is 4. The molecule has 14 nitrogen and oxygen atoms in total. The number of carbonyl (C=O) groups is 4. The number of hydrogen-bond donors (Lipinski definition) is 4. The van der Waals surface area contributed by atoms with E-state index in [1.165, 1.54) is 14.2 Å². The molecule has 282 valence electrons. The van der Waals surface area contributed by atoms with Crippen LogP contribution in [0.3, 0.4) is 0 Å². The summed E-state index contributed by atoms with van der Waals surface area (Å²) in [5.74, 6) is 1.19. The van der Waals surface area contributed by atoms with Gasteiger partial charge in [0.2, 0.25) is 11.8 Å². The molecule has 2 aromatic heterocycles. The fourth-order valence-electron chi connectivity index (χ4n) is 7.72. The number of amides is 4. The van der Waals surface area contributed by atoms with Gasteiger partial charge >= 0.3 is 12.2 Å². The van der Waals surface area contributed by atoms with Crippen LogP contribution in [-0.2, 0) is 19.1 Å². The van der Waals surface area contributed by atoms with Crippen molar-refractivity contribution in [3.05, 3.63) is 72.4 Å². The molecule has 54 heavy (non-hydrogen) atoms. The molecule has 4 amide bonds. The van der Waals surface area contributed by atoms with Crippen LogP contribution in [0.4, 0.5) is 9.59 Å². The Balaban J connectivity index is 1.07. The minimum absolute atomic E-state index is 0.136. The highest BCUT2D eigenvalue weighted by atomic mass is 16.5. The van der Waals surface area contributed by atoms with E-state index in [0.29, 0.717) is 25.9 Å². The first-order valence-electron chi connectivity index (χ1n) is 18.6. The number of hydrogen-bond acceptors (Lipinski definition) is 8. The summed E-state index contributed by atoms with van der Waals surface area (Å²) in [6.45, 7) is 4.92. The molecule has 3 aromatic carbocycles. The van der Waals surface area contributed by atoms with Gasteiger partial charge in [0.15, 0.2) is 0 Å². The van der Waals surface area contributed by atoms with Gasteiger partial charge in [-0.1, -0.05) is 44.2 Å². The standard InChI is InChI=1S/C40H46N8O6/c1-5-28(45-39(51)53-3)37(49)47-17-7-9-33(47)35-41-22-32(44-35)27-14-13-23-19-24(11-12-25(23)20-27)26-15-16-30-31(21-26)43-36(42-30)34-10-8-18-48(34)38(50)29(6-2)46-40(52)54-4/h11-16,19-22,28-29,33-34H,5-10,17-18H2,1-4H3,(H,41,44)(H,42,43)(H,45,51)(H,46,52). The average molecular weight is 735 g/mol. The number of aromatic amines is 2. The Morgan fingerprint density at radius 3 is 1.87 bits per heavy atom. The molecule has 0 radical (unpaired) electrons. The summed E-state index contributed by atoms with van der Waals surface area (Å²) >= 11 is 0. The van der Waals surface area contributed by atoms with Crippen molar-refractivity contribution in [2.24, 2.45) is 0 Å². The Kier molecular flexibility index (Phi) is 10.5. The highest BCUT2D eigenvalue weighted by Crippen LogP contribution is 2.35. The molecule has 2 aliphatic rings. The van der Waals surface area contributed by atoms with Crippen molar-refractivity contribution >= 4 is 45.8 Å². The maximum atomic E-state index is 13.4. The lowest BCUT2D eigenvalue weighted by molar-refractivity contribution is -0.135. The molecule has 14 heteroatoms. The van der Waals surface area contributed by atoms with Gasteiger partial charge in [-0.3, -0.25) is 9.59 Å². The van der Waals surface area contributed by atoms with Gasteiger partial charge in [0.25, 0.3) is 0 Å². The minimum atomic E-state index is -0.659. The molecular weight excluding hydrogens is 688 g/mol. The van der Waals surface area contributed by atoms with E-state index >= 15 is 0 Å². The number of H-pyrrole nitrogens is 2. The number of fused-ring (bicyclic) bond motifs is 2. The van der Waals surface area contributed by atoms with E-state index in [1.807, 2.05) is 31.0 Å². The zero-order chi connectivity index (χ0) is 37.9. The van der Waals surface area contributed by atoms with E-state index in [4.69, 9.17) is 14.5 Å². The lowest BCUT2D eigenvalue weighted by Gasteiger charge is -2.27. The number of nitrogens with zero attached hydrogens (tertiary/aromatic N) is 4. The maximum absolute atomic E-state index is 13.4. The fraction of sp³-hybridized carbons (Fsp3) is 0.400. The van der Waals surface area contributed by atoms with Crippen LogP contribution in [-0.4, -0.2) is 93.1 Å². The van der Waals surface area contributed by atoms with E-state index in [0.717, 1.165) is 81.5 Å². The van der Waals surface area contributed by atoms with Gasteiger partial charge in [0.1, 0.15) is 23.7 Å². The molecule has 7 rings (SSSR count). The number of imidazole rings is 2. The Morgan fingerprint density at radius 1 is 0.741 bits per heavy atom. The molecule has 2 aliphatic heterocycles. The predicted molar refractivity (Wildman–Crippen MR) is 203 cm³/mol. The maximum Gasteiger partial charge on any atom is 0.407 e. The smallest absolute Gasteiger partial charge is 0.407 e. The normalized spacial score (nSPS) is 18.1. The van der Waals surface area contributed by atoms with Crippen molar-refractivity contribution in [2.75, 3.05) is 27.3 Å². The summed E-state index contributed by atoms with van der Waals surface area (Å²) in [4.78, 5) is 70.5. The number of aromatic nitrogens is 4. The van der Waals surface area contributed by atoms with E-state index in [1.54, 1.807) is 4.90 Å². The number of ether oxygens (including phenoxy) is 2. The average Bonchev–Trinajstić information content (AvgIpc) is 4.03. The van der Waals surface area contributed by atoms with Gasteiger partial charge in [0.05, 0.1) is 49.2 Å². The van der Waals surface area contributed by atoms with Crippen LogP contribution >= 0.6 is 0 Å². The summed E-state index contributed by atoms with van der Waals surface area (Å²) < 4.78 is 9.44. The molecule has 2 saturated heterocycles. The summed E-state index contributed by atoms with van der Waals surface area (Å²) in [6, 6.07) is 17.1. The van der Waals surface area contributed by atoms with Gasteiger partial charge in [-0.15, -0.1) is 0 Å². The van der Waals surface area contributed by atoms with Crippen LogP contribution in [0.2, 0.25) is 0 Å². The first-order valence-corrected chi connectivity index (χ1v) is 18.6. The first-order chi connectivity index (χ1) is 26.2. The largest absolute Gasteiger partial charge is 0.453 e. The number of nitrogens with one attached hydrogen (secondary N) is 4. The van der Waals surface area contributed by atoms with Gasteiger partial charge in [0, 0.05) is 18.7 Å². The van der Waals surface area contributed by atoms with Crippen LogP contribution < -0.4 is 10.6 Å². The summed E-state index contributed by atoms with van der Waals surface area (Å²) in [7, 11) is 2.57. The monoisotopic (exact) mass is 734 g/mol.